The number of hydrogen-bond acceptors (Lipinski definition) is 6. The van der Waals surface area contributed by atoms with E-state index in [1.165, 1.54) is 24.7 Å². The SMILES string of the molecule is COc1ccc(Cl)cc1NC(=O)[C@@H](C)OC(=O)CCn1c(=O)oc2ccccc21. The van der Waals surface area contributed by atoms with Gasteiger partial charge >= 0.3 is 11.7 Å². The summed E-state index contributed by atoms with van der Waals surface area (Å²) >= 11 is 5.94. The van der Waals surface area contributed by atoms with Crippen molar-refractivity contribution in [1.29, 1.82) is 0 Å². The van der Waals surface area contributed by atoms with E-state index in [1.54, 1.807) is 36.4 Å². The smallest absolute Gasteiger partial charge is 0.419 e. The minimum atomic E-state index is -1.05. The molecule has 0 bridgehead atoms. The highest BCUT2D eigenvalue weighted by Gasteiger charge is 2.20. The topological polar surface area (TPSA) is 99.8 Å². The maximum atomic E-state index is 12.3. The summed E-state index contributed by atoms with van der Waals surface area (Å²) in [6.45, 7) is 1.52. The fourth-order valence-electron chi connectivity index (χ4n) is 2.75. The zero-order chi connectivity index (χ0) is 21.0. The van der Waals surface area contributed by atoms with Crippen LogP contribution in [-0.4, -0.2) is 29.7 Å². The summed E-state index contributed by atoms with van der Waals surface area (Å²) < 4.78 is 16.8. The van der Waals surface area contributed by atoms with Crippen LogP contribution in [0, 0.1) is 0 Å². The standard InChI is InChI=1S/C20H19ClN2O6/c1-12(19(25)22-14-11-13(21)7-8-16(14)27-2)28-18(24)9-10-23-15-5-3-4-6-17(15)29-20(23)26/h3-8,11-12H,9-10H2,1-2H3,(H,22,25)/t12-/m1/s1. The molecule has 8 nitrogen and oxygen atoms in total. The van der Waals surface area contributed by atoms with Crippen molar-refractivity contribution in [3.63, 3.8) is 0 Å². The lowest BCUT2D eigenvalue weighted by atomic mass is 10.2. The molecule has 0 radical (unpaired) electrons. The molecule has 9 heteroatoms. The molecule has 0 aliphatic heterocycles. The van der Waals surface area contributed by atoms with E-state index in [0.29, 0.717) is 27.6 Å². The molecule has 0 aliphatic rings. The Kier molecular flexibility index (Phi) is 6.23. The molecule has 1 amide bonds. The van der Waals surface area contributed by atoms with Gasteiger partial charge in [0.05, 0.1) is 24.7 Å². The summed E-state index contributed by atoms with van der Waals surface area (Å²) in [5.41, 5.74) is 1.39. The third kappa shape index (κ3) is 4.78. The molecule has 1 aromatic heterocycles. The lowest BCUT2D eigenvalue weighted by Crippen LogP contribution is -2.30. The monoisotopic (exact) mass is 418 g/mol. The number of methoxy groups -OCH3 is 1. The van der Waals surface area contributed by atoms with Gasteiger partial charge in [-0.2, -0.15) is 0 Å². The second-order valence-corrected chi connectivity index (χ2v) is 6.64. The van der Waals surface area contributed by atoms with Crippen LogP contribution in [0.2, 0.25) is 5.02 Å². The van der Waals surface area contributed by atoms with E-state index in [2.05, 4.69) is 5.32 Å². The zero-order valence-electron chi connectivity index (χ0n) is 15.8. The molecule has 2 aromatic carbocycles. The third-order valence-electron chi connectivity index (χ3n) is 4.21. The van der Waals surface area contributed by atoms with Crippen LogP contribution in [0.25, 0.3) is 11.1 Å². The van der Waals surface area contributed by atoms with Gasteiger partial charge in [0, 0.05) is 11.6 Å². The number of para-hydroxylation sites is 2. The number of fused-ring (bicyclic) bond motifs is 1. The van der Waals surface area contributed by atoms with Crippen LogP contribution in [0.5, 0.6) is 5.75 Å². The minimum Gasteiger partial charge on any atom is -0.495 e. The third-order valence-corrected chi connectivity index (χ3v) is 4.45. The number of anilines is 1. The van der Waals surface area contributed by atoms with Crippen molar-refractivity contribution in [3.05, 3.63) is 58.0 Å². The lowest BCUT2D eigenvalue weighted by molar-refractivity contribution is -0.153. The predicted molar refractivity (Wildman–Crippen MR) is 107 cm³/mol. The van der Waals surface area contributed by atoms with Gasteiger partial charge < -0.3 is 19.2 Å². The number of esters is 1. The predicted octanol–water partition coefficient (Wildman–Crippen LogP) is 3.22. The molecule has 1 N–H and O–H groups in total. The number of halogens is 1. The van der Waals surface area contributed by atoms with Crippen molar-refractivity contribution in [2.75, 3.05) is 12.4 Å². The highest BCUT2D eigenvalue weighted by atomic mass is 35.5. The highest BCUT2D eigenvalue weighted by molar-refractivity contribution is 6.31. The van der Waals surface area contributed by atoms with E-state index < -0.39 is 23.7 Å². The normalized spacial score (nSPS) is 11.8. The van der Waals surface area contributed by atoms with Crippen LogP contribution >= 0.6 is 11.6 Å². The largest absolute Gasteiger partial charge is 0.495 e. The summed E-state index contributed by atoms with van der Waals surface area (Å²) in [5.74, 6) is -1.29. The Morgan fingerprint density at radius 3 is 2.76 bits per heavy atom. The van der Waals surface area contributed by atoms with Crippen molar-refractivity contribution < 1.29 is 23.5 Å². The van der Waals surface area contributed by atoms with E-state index in [4.69, 9.17) is 25.5 Å². The molecular weight excluding hydrogens is 400 g/mol. The number of hydrogen-bond donors (Lipinski definition) is 1. The molecule has 0 fully saturated rings. The van der Waals surface area contributed by atoms with Crippen molar-refractivity contribution in [2.45, 2.75) is 26.0 Å². The Bertz CT molecular complexity index is 1100. The fraction of sp³-hybridized carbons (Fsp3) is 0.250. The van der Waals surface area contributed by atoms with Gasteiger partial charge in [0.25, 0.3) is 5.91 Å². The summed E-state index contributed by atoms with van der Waals surface area (Å²) in [5, 5.41) is 3.03. The molecule has 3 aromatic rings. The maximum absolute atomic E-state index is 12.3. The quantitative estimate of drug-likeness (QED) is 0.591. The van der Waals surface area contributed by atoms with Crippen molar-refractivity contribution >= 4 is 40.3 Å². The van der Waals surface area contributed by atoms with Crippen LogP contribution in [0.1, 0.15) is 13.3 Å². The summed E-state index contributed by atoms with van der Waals surface area (Å²) in [6.07, 6.45) is -1.15. The number of carbonyl (C=O) groups is 2. The van der Waals surface area contributed by atoms with E-state index in [9.17, 15) is 14.4 Å². The first kappa shape index (κ1) is 20.5. The number of ether oxygens (including phenoxy) is 2. The number of nitrogens with zero attached hydrogens (tertiary/aromatic N) is 1. The van der Waals surface area contributed by atoms with Gasteiger partial charge in [-0.05, 0) is 37.3 Å². The summed E-state index contributed by atoms with van der Waals surface area (Å²) in [6, 6.07) is 11.7. The minimum absolute atomic E-state index is 0.0745. The summed E-state index contributed by atoms with van der Waals surface area (Å²) in [4.78, 5) is 36.4. The first-order valence-corrected chi connectivity index (χ1v) is 9.19. The molecule has 1 heterocycles. The molecule has 152 valence electrons. The average molecular weight is 419 g/mol. The molecule has 1 atom stereocenters. The fourth-order valence-corrected chi connectivity index (χ4v) is 2.92. The van der Waals surface area contributed by atoms with Crippen LogP contribution < -0.4 is 15.8 Å². The Morgan fingerprint density at radius 2 is 2.00 bits per heavy atom. The van der Waals surface area contributed by atoms with Crippen LogP contribution in [0.15, 0.2) is 51.7 Å². The van der Waals surface area contributed by atoms with Crippen molar-refractivity contribution in [2.24, 2.45) is 0 Å². The summed E-state index contributed by atoms with van der Waals surface area (Å²) in [7, 11) is 1.46. The zero-order valence-corrected chi connectivity index (χ0v) is 16.6. The first-order chi connectivity index (χ1) is 13.9. The molecule has 0 saturated carbocycles. The number of carbonyl (C=O) groups excluding carboxylic acids is 2. The number of benzene rings is 2. The van der Waals surface area contributed by atoms with Gasteiger partial charge in [-0.25, -0.2) is 4.79 Å². The Balaban J connectivity index is 1.59. The number of nitrogens with one attached hydrogen (secondary N) is 1. The van der Waals surface area contributed by atoms with Gasteiger partial charge in [0.1, 0.15) is 5.75 Å². The number of aryl methyl sites for hydroxylation is 1. The molecule has 0 aliphatic carbocycles. The number of oxazole rings is 1. The van der Waals surface area contributed by atoms with Gasteiger partial charge in [-0.1, -0.05) is 23.7 Å². The van der Waals surface area contributed by atoms with Gasteiger partial charge in [0.15, 0.2) is 11.7 Å². The molecule has 3 rings (SSSR count). The number of aromatic nitrogens is 1. The second kappa shape index (κ2) is 8.83. The molecule has 0 unspecified atom stereocenters. The van der Waals surface area contributed by atoms with Crippen molar-refractivity contribution in [1.82, 2.24) is 4.57 Å². The Labute approximate surface area is 171 Å². The average Bonchev–Trinajstić information content (AvgIpc) is 3.01. The van der Waals surface area contributed by atoms with Gasteiger partial charge in [-0.15, -0.1) is 0 Å². The first-order valence-electron chi connectivity index (χ1n) is 8.81. The maximum Gasteiger partial charge on any atom is 0.419 e. The molecule has 29 heavy (non-hydrogen) atoms. The van der Waals surface area contributed by atoms with Crippen LogP contribution in [0.4, 0.5) is 5.69 Å². The second-order valence-electron chi connectivity index (χ2n) is 6.20. The highest BCUT2D eigenvalue weighted by Crippen LogP contribution is 2.27. The Hall–Kier alpha value is -3.26. The van der Waals surface area contributed by atoms with E-state index in [-0.39, 0.29) is 13.0 Å². The number of rotatable bonds is 7. The molecular formula is C20H19ClN2O6. The van der Waals surface area contributed by atoms with Gasteiger partial charge in [-0.3, -0.25) is 14.2 Å². The molecule has 0 saturated heterocycles. The Morgan fingerprint density at radius 1 is 1.24 bits per heavy atom. The molecule has 0 spiro atoms. The van der Waals surface area contributed by atoms with Crippen molar-refractivity contribution in [3.8, 4) is 5.75 Å². The van der Waals surface area contributed by atoms with E-state index in [1.807, 2.05) is 0 Å². The van der Waals surface area contributed by atoms with E-state index in [0.717, 1.165) is 0 Å². The van der Waals surface area contributed by atoms with Crippen LogP contribution in [-0.2, 0) is 20.9 Å². The van der Waals surface area contributed by atoms with E-state index >= 15 is 0 Å². The number of amides is 1. The van der Waals surface area contributed by atoms with Crippen LogP contribution in [0.3, 0.4) is 0 Å². The lowest BCUT2D eigenvalue weighted by Gasteiger charge is -2.15. The van der Waals surface area contributed by atoms with Gasteiger partial charge in [0.2, 0.25) is 0 Å².